The van der Waals surface area contributed by atoms with Crippen molar-refractivity contribution in [2.24, 2.45) is 5.73 Å². The van der Waals surface area contributed by atoms with Crippen molar-refractivity contribution in [2.75, 3.05) is 0 Å². The molecule has 0 aliphatic heterocycles. The quantitative estimate of drug-likeness (QED) is 0.775. The van der Waals surface area contributed by atoms with Crippen LogP contribution in [-0.2, 0) is 16.6 Å². The van der Waals surface area contributed by atoms with E-state index in [0.29, 0.717) is 6.42 Å². The average Bonchev–Trinajstić information content (AvgIpc) is 2.32. The fourth-order valence-electron chi connectivity index (χ4n) is 1.05. The fraction of sp³-hybridized carbons (Fsp3) is 0.500. The molecule has 3 heteroatoms. The lowest BCUT2D eigenvalue weighted by atomic mass is 9.95. The SMILES string of the molecule is CC(C)(C)c1ccc(CC(N)=O)s1. The molecule has 0 aliphatic carbocycles. The minimum atomic E-state index is -0.262. The highest BCUT2D eigenvalue weighted by Gasteiger charge is 2.16. The van der Waals surface area contributed by atoms with Crippen LogP contribution in [0.4, 0.5) is 0 Å². The molecule has 0 bridgehead atoms. The molecular formula is C10H15NOS. The minimum Gasteiger partial charge on any atom is -0.369 e. The smallest absolute Gasteiger partial charge is 0.222 e. The predicted molar refractivity (Wildman–Crippen MR) is 55.9 cm³/mol. The van der Waals surface area contributed by atoms with Gasteiger partial charge >= 0.3 is 0 Å². The lowest BCUT2D eigenvalue weighted by molar-refractivity contribution is -0.117. The van der Waals surface area contributed by atoms with Gasteiger partial charge in [0.25, 0.3) is 0 Å². The van der Waals surface area contributed by atoms with Gasteiger partial charge in [-0.2, -0.15) is 0 Å². The molecule has 1 aromatic rings. The summed E-state index contributed by atoms with van der Waals surface area (Å²) in [5.41, 5.74) is 5.28. The molecule has 0 radical (unpaired) electrons. The molecule has 0 saturated carbocycles. The maximum Gasteiger partial charge on any atom is 0.222 e. The second-order valence-corrected chi connectivity index (χ2v) is 5.33. The summed E-state index contributed by atoms with van der Waals surface area (Å²) in [6, 6.07) is 4.05. The van der Waals surface area contributed by atoms with Gasteiger partial charge < -0.3 is 5.73 Å². The second-order valence-electron chi connectivity index (χ2n) is 4.16. The lowest BCUT2D eigenvalue weighted by Gasteiger charge is -2.15. The first-order chi connectivity index (χ1) is 5.89. The molecule has 0 aliphatic rings. The number of hydrogen-bond donors (Lipinski definition) is 1. The Hall–Kier alpha value is -0.830. The largest absolute Gasteiger partial charge is 0.369 e. The summed E-state index contributed by atoms with van der Waals surface area (Å²) in [5, 5.41) is 0. The minimum absolute atomic E-state index is 0.167. The third kappa shape index (κ3) is 2.84. The Kier molecular flexibility index (Phi) is 2.76. The number of rotatable bonds is 2. The van der Waals surface area contributed by atoms with Crippen molar-refractivity contribution in [3.63, 3.8) is 0 Å². The number of carbonyl (C=O) groups excluding carboxylic acids is 1. The van der Waals surface area contributed by atoms with Gasteiger partial charge in [0.15, 0.2) is 0 Å². The number of thiophene rings is 1. The number of primary amides is 1. The van der Waals surface area contributed by atoms with E-state index < -0.39 is 0 Å². The van der Waals surface area contributed by atoms with E-state index in [1.807, 2.05) is 6.07 Å². The zero-order valence-corrected chi connectivity index (χ0v) is 9.07. The Bertz CT molecular complexity index is 309. The van der Waals surface area contributed by atoms with Gasteiger partial charge in [-0.25, -0.2) is 0 Å². The summed E-state index contributed by atoms with van der Waals surface area (Å²) in [6.45, 7) is 6.48. The summed E-state index contributed by atoms with van der Waals surface area (Å²) in [6.07, 6.45) is 0.362. The third-order valence-electron chi connectivity index (χ3n) is 1.75. The Morgan fingerprint density at radius 2 is 2.08 bits per heavy atom. The molecule has 0 saturated heterocycles. The molecule has 1 aromatic heterocycles. The van der Waals surface area contributed by atoms with Gasteiger partial charge in [-0.1, -0.05) is 20.8 Å². The van der Waals surface area contributed by atoms with Crippen molar-refractivity contribution in [1.29, 1.82) is 0 Å². The number of hydrogen-bond acceptors (Lipinski definition) is 2. The number of amides is 1. The zero-order valence-electron chi connectivity index (χ0n) is 8.26. The van der Waals surface area contributed by atoms with Crippen LogP contribution in [0.2, 0.25) is 0 Å². The first-order valence-corrected chi connectivity index (χ1v) is 5.09. The van der Waals surface area contributed by atoms with Crippen molar-refractivity contribution in [2.45, 2.75) is 32.6 Å². The van der Waals surface area contributed by atoms with Crippen molar-refractivity contribution in [3.8, 4) is 0 Å². The molecule has 1 heterocycles. The second kappa shape index (κ2) is 3.50. The molecule has 1 amide bonds. The summed E-state index contributed by atoms with van der Waals surface area (Å²) < 4.78 is 0. The molecule has 72 valence electrons. The van der Waals surface area contributed by atoms with E-state index in [-0.39, 0.29) is 11.3 Å². The van der Waals surface area contributed by atoms with Crippen LogP contribution in [0, 0.1) is 0 Å². The Morgan fingerprint density at radius 1 is 1.46 bits per heavy atom. The molecule has 1 rings (SSSR count). The highest BCUT2D eigenvalue weighted by Crippen LogP contribution is 2.29. The van der Waals surface area contributed by atoms with Gasteiger partial charge in [0, 0.05) is 9.75 Å². The van der Waals surface area contributed by atoms with E-state index in [1.165, 1.54) is 4.88 Å². The van der Waals surface area contributed by atoms with E-state index >= 15 is 0 Å². The third-order valence-corrected chi connectivity index (χ3v) is 3.26. The highest BCUT2D eigenvalue weighted by molar-refractivity contribution is 7.12. The van der Waals surface area contributed by atoms with Crippen LogP contribution >= 0.6 is 11.3 Å². The molecule has 0 spiro atoms. The maximum absolute atomic E-state index is 10.7. The summed E-state index contributed by atoms with van der Waals surface area (Å²) in [4.78, 5) is 13.0. The summed E-state index contributed by atoms with van der Waals surface area (Å²) in [7, 11) is 0. The van der Waals surface area contributed by atoms with Crippen LogP contribution in [0.5, 0.6) is 0 Å². The van der Waals surface area contributed by atoms with Gasteiger partial charge in [-0.3, -0.25) is 4.79 Å². The average molecular weight is 197 g/mol. The van der Waals surface area contributed by atoms with Gasteiger partial charge in [0.1, 0.15) is 0 Å². The first-order valence-electron chi connectivity index (χ1n) is 4.27. The molecule has 0 aromatic carbocycles. The van der Waals surface area contributed by atoms with E-state index in [4.69, 9.17) is 5.73 Å². The highest BCUT2D eigenvalue weighted by atomic mass is 32.1. The van der Waals surface area contributed by atoms with Crippen molar-refractivity contribution < 1.29 is 4.79 Å². The fourth-order valence-corrected chi connectivity index (χ4v) is 2.12. The van der Waals surface area contributed by atoms with Gasteiger partial charge in [0.05, 0.1) is 6.42 Å². The van der Waals surface area contributed by atoms with E-state index in [0.717, 1.165) is 4.88 Å². The summed E-state index contributed by atoms with van der Waals surface area (Å²) in [5.74, 6) is -0.262. The van der Waals surface area contributed by atoms with Crippen LogP contribution < -0.4 is 5.73 Å². The number of nitrogens with two attached hydrogens (primary N) is 1. The Labute approximate surface area is 82.8 Å². The van der Waals surface area contributed by atoms with Gasteiger partial charge in [0.2, 0.25) is 5.91 Å². The molecule has 0 atom stereocenters. The molecule has 2 N–H and O–H groups in total. The molecule has 0 fully saturated rings. The monoisotopic (exact) mass is 197 g/mol. The van der Waals surface area contributed by atoms with Crippen LogP contribution in [0.25, 0.3) is 0 Å². The van der Waals surface area contributed by atoms with Crippen molar-refractivity contribution >= 4 is 17.2 Å². The predicted octanol–water partition coefficient (Wildman–Crippen LogP) is 2.07. The summed E-state index contributed by atoms with van der Waals surface area (Å²) >= 11 is 1.67. The van der Waals surface area contributed by atoms with E-state index in [1.54, 1.807) is 11.3 Å². The first kappa shape index (κ1) is 10.3. The van der Waals surface area contributed by atoms with E-state index in [2.05, 4.69) is 26.8 Å². The van der Waals surface area contributed by atoms with Crippen molar-refractivity contribution in [1.82, 2.24) is 0 Å². The van der Waals surface area contributed by atoms with Crippen LogP contribution in [0.15, 0.2) is 12.1 Å². The number of carbonyl (C=O) groups is 1. The topological polar surface area (TPSA) is 43.1 Å². The maximum atomic E-state index is 10.7. The Balaban J connectivity index is 2.81. The molecule has 2 nitrogen and oxygen atoms in total. The molecular weight excluding hydrogens is 182 g/mol. The van der Waals surface area contributed by atoms with E-state index in [9.17, 15) is 4.79 Å². The van der Waals surface area contributed by atoms with Crippen LogP contribution in [0.3, 0.4) is 0 Å². The van der Waals surface area contributed by atoms with Crippen LogP contribution in [0.1, 0.15) is 30.5 Å². The molecule has 13 heavy (non-hydrogen) atoms. The normalized spacial score (nSPS) is 11.6. The van der Waals surface area contributed by atoms with Crippen molar-refractivity contribution in [3.05, 3.63) is 21.9 Å². The Morgan fingerprint density at radius 3 is 2.46 bits per heavy atom. The van der Waals surface area contributed by atoms with Crippen LogP contribution in [-0.4, -0.2) is 5.91 Å². The van der Waals surface area contributed by atoms with Gasteiger partial charge in [-0.15, -0.1) is 11.3 Å². The standard InChI is InChI=1S/C10H15NOS/c1-10(2,3)8-5-4-7(13-8)6-9(11)12/h4-5H,6H2,1-3H3,(H2,11,12). The van der Waals surface area contributed by atoms with Gasteiger partial charge in [-0.05, 0) is 17.5 Å². The lowest BCUT2D eigenvalue weighted by Crippen LogP contribution is -2.12. The molecule has 0 unspecified atom stereocenters. The zero-order chi connectivity index (χ0) is 10.1.